The van der Waals surface area contributed by atoms with E-state index >= 15 is 0 Å². The van der Waals surface area contributed by atoms with E-state index in [0.717, 1.165) is 11.2 Å². The maximum Gasteiger partial charge on any atom is 0.264 e. The van der Waals surface area contributed by atoms with Gasteiger partial charge in [0.15, 0.2) is 0 Å². The van der Waals surface area contributed by atoms with E-state index in [-0.39, 0.29) is 35.8 Å². The zero-order chi connectivity index (χ0) is 19.6. The Kier molecular flexibility index (Phi) is 5.34. The average Bonchev–Trinajstić information content (AvgIpc) is 3.27. The monoisotopic (exact) mass is 371 g/mol. The predicted molar refractivity (Wildman–Crippen MR) is 96.5 cm³/mol. The first-order valence-electron chi connectivity index (χ1n) is 8.88. The number of anilines is 1. The fraction of sp³-hybridized carbons (Fsp3) is 0.421. The SMILES string of the molecule is CNC(=O)CCC(C=O)N1C(=O)c2cccc(N3CCC(C=O)C3)c2C1=O. The Hall–Kier alpha value is -3.03. The molecule has 1 aromatic rings. The van der Waals surface area contributed by atoms with Gasteiger partial charge in [0, 0.05) is 32.5 Å². The molecule has 2 aliphatic rings. The van der Waals surface area contributed by atoms with Crippen molar-refractivity contribution < 1.29 is 24.0 Å². The molecule has 3 rings (SSSR count). The average molecular weight is 371 g/mol. The highest BCUT2D eigenvalue weighted by molar-refractivity contribution is 6.24. The normalized spacial score (nSPS) is 19.8. The van der Waals surface area contributed by atoms with Gasteiger partial charge in [0.25, 0.3) is 11.8 Å². The van der Waals surface area contributed by atoms with E-state index < -0.39 is 17.9 Å². The minimum Gasteiger partial charge on any atom is -0.370 e. The predicted octanol–water partition coefficient (Wildman–Crippen LogP) is 0.401. The molecule has 2 atom stereocenters. The Morgan fingerprint density at radius 1 is 1.30 bits per heavy atom. The van der Waals surface area contributed by atoms with Gasteiger partial charge in [0.05, 0.1) is 22.9 Å². The minimum atomic E-state index is -0.996. The first-order chi connectivity index (χ1) is 13.0. The lowest BCUT2D eigenvalue weighted by molar-refractivity contribution is -0.121. The summed E-state index contributed by atoms with van der Waals surface area (Å²) in [6, 6.07) is 4.01. The van der Waals surface area contributed by atoms with E-state index in [0.29, 0.717) is 31.5 Å². The number of hydrogen-bond acceptors (Lipinski definition) is 6. The lowest BCUT2D eigenvalue weighted by Crippen LogP contribution is -2.41. The van der Waals surface area contributed by atoms with E-state index in [1.54, 1.807) is 18.2 Å². The molecule has 8 heteroatoms. The number of aldehydes is 2. The van der Waals surface area contributed by atoms with E-state index in [1.165, 1.54) is 7.05 Å². The highest BCUT2D eigenvalue weighted by Gasteiger charge is 2.42. The molecule has 2 unspecified atom stereocenters. The molecule has 0 aliphatic carbocycles. The minimum absolute atomic E-state index is 0.0350. The van der Waals surface area contributed by atoms with E-state index in [4.69, 9.17) is 0 Å². The first-order valence-corrected chi connectivity index (χ1v) is 8.88. The zero-order valence-electron chi connectivity index (χ0n) is 15.0. The number of hydrogen-bond donors (Lipinski definition) is 1. The van der Waals surface area contributed by atoms with Gasteiger partial charge in [-0.05, 0) is 25.0 Å². The Labute approximate surface area is 156 Å². The molecule has 142 valence electrons. The summed E-state index contributed by atoms with van der Waals surface area (Å²) in [6.45, 7) is 1.12. The summed E-state index contributed by atoms with van der Waals surface area (Å²) in [5.41, 5.74) is 1.12. The molecule has 27 heavy (non-hydrogen) atoms. The van der Waals surface area contributed by atoms with Crippen molar-refractivity contribution in [3.8, 4) is 0 Å². The topological polar surface area (TPSA) is 104 Å². The van der Waals surface area contributed by atoms with Gasteiger partial charge in [-0.25, -0.2) is 0 Å². The van der Waals surface area contributed by atoms with Crippen LogP contribution >= 0.6 is 0 Å². The van der Waals surface area contributed by atoms with Crippen LogP contribution in [0.1, 0.15) is 40.0 Å². The van der Waals surface area contributed by atoms with Gasteiger partial charge in [-0.2, -0.15) is 0 Å². The number of nitrogens with one attached hydrogen (secondary N) is 1. The summed E-state index contributed by atoms with van der Waals surface area (Å²) < 4.78 is 0. The molecule has 0 saturated carbocycles. The quantitative estimate of drug-likeness (QED) is 0.550. The summed E-state index contributed by atoms with van der Waals surface area (Å²) in [6.07, 6.45) is 2.24. The smallest absolute Gasteiger partial charge is 0.264 e. The summed E-state index contributed by atoms with van der Waals surface area (Å²) >= 11 is 0. The van der Waals surface area contributed by atoms with E-state index in [9.17, 15) is 24.0 Å². The van der Waals surface area contributed by atoms with Crippen LogP contribution in [0.5, 0.6) is 0 Å². The number of carbonyl (C=O) groups excluding carboxylic acids is 5. The number of amides is 3. The van der Waals surface area contributed by atoms with Gasteiger partial charge in [-0.1, -0.05) is 6.07 Å². The molecule has 1 saturated heterocycles. The summed E-state index contributed by atoms with van der Waals surface area (Å²) in [5, 5.41) is 2.45. The van der Waals surface area contributed by atoms with Gasteiger partial charge >= 0.3 is 0 Å². The highest BCUT2D eigenvalue weighted by Crippen LogP contribution is 2.35. The summed E-state index contributed by atoms with van der Waals surface area (Å²) in [4.78, 5) is 62.7. The number of nitrogens with zero attached hydrogens (tertiary/aromatic N) is 2. The zero-order valence-corrected chi connectivity index (χ0v) is 15.0. The number of rotatable bonds is 7. The molecule has 3 amide bonds. The van der Waals surface area contributed by atoms with Crippen molar-refractivity contribution in [2.24, 2.45) is 5.92 Å². The molecule has 0 bridgehead atoms. The summed E-state index contributed by atoms with van der Waals surface area (Å²) in [7, 11) is 1.48. The van der Waals surface area contributed by atoms with Gasteiger partial charge < -0.3 is 19.8 Å². The third-order valence-corrected chi connectivity index (χ3v) is 5.12. The van der Waals surface area contributed by atoms with Crippen molar-refractivity contribution in [1.29, 1.82) is 0 Å². The summed E-state index contributed by atoms with van der Waals surface area (Å²) in [5.74, 6) is -1.43. The fourth-order valence-electron chi connectivity index (χ4n) is 3.63. The van der Waals surface area contributed by atoms with Crippen LogP contribution in [-0.2, 0) is 14.4 Å². The van der Waals surface area contributed by atoms with Crippen LogP contribution in [-0.4, -0.2) is 61.4 Å². The second kappa shape index (κ2) is 7.69. The van der Waals surface area contributed by atoms with E-state index in [1.807, 2.05) is 4.90 Å². The Balaban J connectivity index is 1.89. The van der Waals surface area contributed by atoms with Gasteiger partial charge in [0.2, 0.25) is 5.91 Å². The molecule has 1 aromatic carbocycles. The van der Waals surface area contributed by atoms with Crippen LogP contribution in [0, 0.1) is 5.92 Å². The Morgan fingerprint density at radius 2 is 2.07 bits per heavy atom. The lowest BCUT2D eigenvalue weighted by atomic mass is 10.1. The fourth-order valence-corrected chi connectivity index (χ4v) is 3.63. The molecule has 0 aromatic heterocycles. The van der Waals surface area contributed by atoms with Crippen molar-refractivity contribution in [3.05, 3.63) is 29.3 Å². The molecule has 0 radical (unpaired) electrons. The third kappa shape index (κ3) is 3.34. The highest BCUT2D eigenvalue weighted by atomic mass is 16.2. The van der Waals surface area contributed by atoms with Crippen LogP contribution in [0.25, 0.3) is 0 Å². The van der Waals surface area contributed by atoms with Crippen molar-refractivity contribution >= 4 is 36.0 Å². The van der Waals surface area contributed by atoms with Crippen molar-refractivity contribution in [3.63, 3.8) is 0 Å². The van der Waals surface area contributed by atoms with Crippen LogP contribution in [0.2, 0.25) is 0 Å². The van der Waals surface area contributed by atoms with Gasteiger partial charge in [-0.3, -0.25) is 19.3 Å². The standard InChI is InChI=1S/C19H21N3O5/c1-20-16(25)6-5-13(11-24)22-18(26)14-3-2-4-15(17(14)19(22)27)21-8-7-12(9-21)10-23/h2-4,10-13H,5-9H2,1H3,(H,20,25). The molecule has 2 aliphatic heterocycles. The van der Waals surface area contributed by atoms with Crippen LogP contribution in [0.4, 0.5) is 5.69 Å². The molecule has 8 nitrogen and oxygen atoms in total. The molecule has 0 spiro atoms. The molecular formula is C19H21N3O5. The molecule has 2 heterocycles. The van der Waals surface area contributed by atoms with Gasteiger partial charge in [-0.15, -0.1) is 0 Å². The Morgan fingerprint density at radius 3 is 2.70 bits per heavy atom. The largest absolute Gasteiger partial charge is 0.370 e. The van der Waals surface area contributed by atoms with Crippen molar-refractivity contribution in [2.45, 2.75) is 25.3 Å². The number of imide groups is 1. The maximum atomic E-state index is 13.0. The maximum absolute atomic E-state index is 13.0. The third-order valence-electron chi connectivity index (χ3n) is 5.12. The van der Waals surface area contributed by atoms with E-state index in [2.05, 4.69) is 5.32 Å². The lowest BCUT2D eigenvalue weighted by Gasteiger charge is -2.22. The molecular weight excluding hydrogens is 350 g/mol. The van der Waals surface area contributed by atoms with Crippen LogP contribution in [0.15, 0.2) is 18.2 Å². The second-order valence-electron chi connectivity index (χ2n) is 6.73. The Bertz CT molecular complexity index is 807. The van der Waals surface area contributed by atoms with Gasteiger partial charge in [0.1, 0.15) is 12.6 Å². The molecule has 1 fully saturated rings. The number of benzene rings is 1. The number of carbonyl (C=O) groups is 5. The van der Waals surface area contributed by atoms with Crippen molar-refractivity contribution in [1.82, 2.24) is 10.2 Å². The second-order valence-corrected chi connectivity index (χ2v) is 6.73. The number of fused-ring (bicyclic) bond motifs is 1. The molecule has 1 N–H and O–H groups in total. The first kappa shape index (κ1) is 18.8. The van der Waals surface area contributed by atoms with Crippen molar-refractivity contribution in [2.75, 3.05) is 25.0 Å². The van der Waals surface area contributed by atoms with Crippen LogP contribution < -0.4 is 10.2 Å². The van der Waals surface area contributed by atoms with Crippen LogP contribution in [0.3, 0.4) is 0 Å².